The van der Waals surface area contributed by atoms with E-state index in [0.29, 0.717) is 0 Å². The summed E-state index contributed by atoms with van der Waals surface area (Å²) in [6.45, 7) is 0.803. The summed E-state index contributed by atoms with van der Waals surface area (Å²) in [5.74, 6) is 1.95. The first-order valence-corrected chi connectivity index (χ1v) is 7.92. The molecule has 0 saturated carbocycles. The Hall–Kier alpha value is -1.41. The number of unbranched alkanes of at least 4 members (excludes halogenated alkanes) is 3. The molecular formula is C18H22OS. The fourth-order valence-electron chi connectivity index (χ4n) is 2.13. The van der Waals surface area contributed by atoms with E-state index in [4.69, 9.17) is 4.74 Å². The summed E-state index contributed by atoms with van der Waals surface area (Å²) in [4.78, 5) is 0. The van der Waals surface area contributed by atoms with Crippen molar-refractivity contribution in [1.82, 2.24) is 0 Å². The minimum atomic E-state index is 0.803. The van der Waals surface area contributed by atoms with E-state index in [0.717, 1.165) is 24.5 Å². The smallest absolute Gasteiger partial charge is 0.119 e. The van der Waals surface area contributed by atoms with Crippen molar-refractivity contribution in [3.8, 4) is 16.9 Å². The van der Waals surface area contributed by atoms with Crippen LogP contribution in [0.3, 0.4) is 0 Å². The van der Waals surface area contributed by atoms with E-state index >= 15 is 0 Å². The molecule has 0 aliphatic carbocycles. The zero-order valence-electron chi connectivity index (χ0n) is 11.8. The molecule has 0 saturated heterocycles. The number of ether oxygens (including phenoxy) is 1. The van der Waals surface area contributed by atoms with Gasteiger partial charge in [0.25, 0.3) is 0 Å². The molecule has 20 heavy (non-hydrogen) atoms. The Balaban J connectivity index is 1.77. The van der Waals surface area contributed by atoms with Gasteiger partial charge in [-0.15, -0.1) is 0 Å². The SMILES string of the molecule is SCCCCCCOc1ccc(-c2ccccc2)cc1. The van der Waals surface area contributed by atoms with Gasteiger partial charge in [-0.2, -0.15) is 12.6 Å². The van der Waals surface area contributed by atoms with Crippen molar-refractivity contribution >= 4 is 12.6 Å². The first-order chi connectivity index (χ1) is 9.90. The van der Waals surface area contributed by atoms with Crippen molar-refractivity contribution < 1.29 is 4.74 Å². The van der Waals surface area contributed by atoms with Crippen LogP contribution in [0.4, 0.5) is 0 Å². The summed E-state index contributed by atoms with van der Waals surface area (Å²) in [7, 11) is 0. The quantitative estimate of drug-likeness (QED) is 0.517. The summed E-state index contributed by atoms with van der Waals surface area (Å²) >= 11 is 4.21. The number of thiol groups is 1. The Labute approximate surface area is 127 Å². The maximum atomic E-state index is 5.76. The Morgan fingerprint density at radius 3 is 2.05 bits per heavy atom. The average Bonchev–Trinajstić information content (AvgIpc) is 2.52. The highest BCUT2D eigenvalue weighted by molar-refractivity contribution is 7.80. The molecule has 0 fully saturated rings. The molecule has 0 bridgehead atoms. The zero-order valence-corrected chi connectivity index (χ0v) is 12.7. The van der Waals surface area contributed by atoms with Gasteiger partial charge in [0.2, 0.25) is 0 Å². The van der Waals surface area contributed by atoms with Crippen molar-refractivity contribution in [2.75, 3.05) is 12.4 Å². The highest BCUT2D eigenvalue weighted by Gasteiger charge is 1.98. The fourth-order valence-corrected chi connectivity index (χ4v) is 2.36. The summed E-state index contributed by atoms with van der Waals surface area (Å²) < 4.78 is 5.76. The molecule has 0 unspecified atom stereocenters. The number of rotatable bonds is 8. The van der Waals surface area contributed by atoms with Gasteiger partial charge in [-0.25, -0.2) is 0 Å². The normalized spacial score (nSPS) is 10.4. The van der Waals surface area contributed by atoms with Crippen molar-refractivity contribution in [1.29, 1.82) is 0 Å². The fraction of sp³-hybridized carbons (Fsp3) is 0.333. The largest absolute Gasteiger partial charge is 0.494 e. The van der Waals surface area contributed by atoms with Gasteiger partial charge in [0, 0.05) is 0 Å². The molecule has 1 nitrogen and oxygen atoms in total. The molecule has 2 heteroatoms. The molecule has 2 rings (SSSR count). The Kier molecular flexibility index (Phi) is 6.52. The Morgan fingerprint density at radius 2 is 1.35 bits per heavy atom. The molecule has 106 valence electrons. The van der Waals surface area contributed by atoms with E-state index < -0.39 is 0 Å². The summed E-state index contributed by atoms with van der Waals surface area (Å²) in [6.07, 6.45) is 4.80. The second-order valence-electron chi connectivity index (χ2n) is 4.88. The summed E-state index contributed by atoms with van der Waals surface area (Å²) in [6, 6.07) is 18.7. The molecule has 0 atom stereocenters. The molecule has 2 aromatic carbocycles. The molecule has 0 aliphatic heterocycles. The third-order valence-electron chi connectivity index (χ3n) is 3.28. The topological polar surface area (TPSA) is 9.23 Å². The van der Waals surface area contributed by atoms with Gasteiger partial charge in [0.15, 0.2) is 0 Å². The predicted molar refractivity (Wildman–Crippen MR) is 89.7 cm³/mol. The lowest BCUT2D eigenvalue weighted by atomic mass is 10.1. The Bertz CT molecular complexity index is 479. The predicted octanol–water partition coefficient (Wildman–Crippen LogP) is 5.22. The van der Waals surface area contributed by atoms with Crippen LogP contribution in [-0.4, -0.2) is 12.4 Å². The lowest BCUT2D eigenvalue weighted by Gasteiger charge is -2.07. The molecule has 0 aromatic heterocycles. The molecule has 0 aliphatic rings. The minimum Gasteiger partial charge on any atom is -0.494 e. The monoisotopic (exact) mass is 286 g/mol. The molecule has 2 aromatic rings. The van der Waals surface area contributed by atoms with Crippen LogP contribution < -0.4 is 4.74 Å². The maximum absolute atomic E-state index is 5.76. The van der Waals surface area contributed by atoms with Gasteiger partial charge >= 0.3 is 0 Å². The summed E-state index contributed by atoms with van der Waals surface area (Å²) in [5, 5.41) is 0. The zero-order chi connectivity index (χ0) is 14.0. The minimum absolute atomic E-state index is 0.803. The highest BCUT2D eigenvalue weighted by Crippen LogP contribution is 2.22. The third kappa shape index (κ3) is 4.93. The van der Waals surface area contributed by atoms with Crippen LogP contribution in [0.1, 0.15) is 25.7 Å². The number of hydrogen-bond acceptors (Lipinski definition) is 2. The maximum Gasteiger partial charge on any atom is 0.119 e. The van der Waals surface area contributed by atoms with Gasteiger partial charge in [0.05, 0.1) is 6.61 Å². The van der Waals surface area contributed by atoms with Gasteiger partial charge < -0.3 is 4.74 Å². The van der Waals surface area contributed by atoms with Gasteiger partial charge in [-0.1, -0.05) is 55.3 Å². The van der Waals surface area contributed by atoms with Crippen LogP contribution in [0.25, 0.3) is 11.1 Å². The average molecular weight is 286 g/mol. The molecule has 0 radical (unpaired) electrons. The standard InChI is InChI=1S/C18H22OS/c20-15-7-2-1-6-14-19-18-12-10-17(11-13-18)16-8-4-3-5-9-16/h3-5,8-13,20H,1-2,6-7,14-15H2. The van der Waals surface area contributed by atoms with E-state index in [9.17, 15) is 0 Å². The van der Waals surface area contributed by atoms with Crippen molar-refractivity contribution in [2.45, 2.75) is 25.7 Å². The molecular weight excluding hydrogens is 264 g/mol. The van der Waals surface area contributed by atoms with E-state index in [1.807, 2.05) is 6.07 Å². The van der Waals surface area contributed by atoms with Crippen molar-refractivity contribution in [3.05, 3.63) is 54.6 Å². The van der Waals surface area contributed by atoms with E-state index in [1.54, 1.807) is 0 Å². The van der Waals surface area contributed by atoms with Crippen LogP contribution in [0.5, 0.6) is 5.75 Å². The van der Waals surface area contributed by atoms with E-state index in [1.165, 1.54) is 30.4 Å². The van der Waals surface area contributed by atoms with Crippen LogP contribution >= 0.6 is 12.6 Å². The van der Waals surface area contributed by atoms with Gasteiger partial charge in [-0.05, 0) is 41.9 Å². The van der Waals surface area contributed by atoms with Crippen LogP contribution in [0.15, 0.2) is 54.6 Å². The second kappa shape index (κ2) is 8.70. The first-order valence-electron chi connectivity index (χ1n) is 7.29. The number of benzene rings is 2. The lowest BCUT2D eigenvalue weighted by molar-refractivity contribution is 0.305. The Morgan fingerprint density at radius 1 is 0.700 bits per heavy atom. The van der Waals surface area contributed by atoms with E-state index in [2.05, 4.69) is 61.2 Å². The molecule has 0 amide bonds. The van der Waals surface area contributed by atoms with Gasteiger partial charge in [-0.3, -0.25) is 0 Å². The number of hydrogen-bond donors (Lipinski definition) is 1. The molecule has 0 N–H and O–H groups in total. The molecule has 0 spiro atoms. The van der Waals surface area contributed by atoms with Gasteiger partial charge in [0.1, 0.15) is 5.75 Å². The first kappa shape index (κ1) is 15.0. The van der Waals surface area contributed by atoms with Crippen LogP contribution in [0, 0.1) is 0 Å². The third-order valence-corrected chi connectivity index (χ3v) is 3.60. The second-order valence-corrected chi connectivity index (χ2v) is 5.32. The summed E-state index contributed by atoms with van der Waals surface area (Å²) in [5.41, 5.74) is 2.47. The molecule has 0 heterocycles. The van der Waals surface area contributed by atoms with Crippen molar-refractivity contribution in [3.63, 3.8) is 0 Å². The van der Waals surface area contributed by atoms with E-state index in [-0.39, 0.29) is 0 Å². The van der Waals surface area contributed by atoms with Crippen LogP contribution in [0.2, 0.25) is 0 Å². The van der Waals surface area contributed by atoms with Crippen LogP contribution in [-0.2, 0) is 0 Å². The highest BCUT2D eigenvalue weighted by atomic mass is 32.1. The lowest BCUT2D eigenvalue weighted by Crippen LogP contribution is -1.97. The van der Waals surface area contributed by atoms with Crippen molar-refractivity contribution in [2.24, 2.45) is 0 Å².